The summed E-state index contributed by atoms with van der Waals surface area (Å²) < 4.78 is 16.5. The van der Waals surface area contributed by atoms with Crippen molar-refractivity contribution in [2.75, 3.05) is 44.9 Å². The third-order valence-corrected chi connectivity index (χ3v) is 6.00. The molecule has 2 aliphatic heterocycles. The molecule has 0 aliphatic carbocycles. The molecule has 2 aromatic carbocycles. The quantitative estimate of drug-likeness (QED) is 0.257. The van der Waals surface area contributed by atoms with Crippen molar-refractivity contribution in [1.29, 1.82) is 0 Å². The highest BCUT2D eigenvalue weighted by molar-refractivity contribution is 6.25. The standard InChI is InChI=1S/C26H27N3O9/c30-21-9-8-20(23(31)28-21)29-24(32)18-2-1-3-19(22(18)25(29)33)27-10-11-36-12-13-37-14-15-38-17-6-4-16(5-7-17)26(34)35/h1-7,20,27H,8-15H2,(H,34,35)(H,28,30,31). The molecule has 2 heterocycles. The number of carboxylic acid groups (broad SMARTS) is 1. The van der Waals surface area contributed by atoms with Gasteiger partial charge in [0, 0.05) is 18.7 Å². The number of piperidine rings is 1. The van der Waals surface area contributed by atoms with Crippen molar-refractivity contribution >= 4 is 35.3 Å². The molecule has 0 spiro atoms. The highest BCUT2D eigenvalue weighted by Gasteiger charge is 2.45. The lowest BCUT2D eigenvalue weighted by Crippen LogP contribution is -2.54. The number of hydrogen-bond acceptors (Lipinski definition) is 9. The Hall–Kier alpha value is -4.29. The van der Waals surface area contributed by atoms with Crippen molar-refractivity contribution in [3.8, 4) is 5.75 Å². The summed E-state index contributed by atoms with van der Waals surface area (Å²) in [6.45, 7) is 2.00. The van der Waals surface area contributed by atoms with Crippen LogP contribution in [0.3, 0.4) is 0 Å². The van der Waals surface area contributed by atoms with Gasteiger partial charge in [-0.2, -0.15) is 0 Å². The average molecular weight is 526 g/mol. The Labute approximate surface area is 217 Å². The largest absolute Gasteiger partial charge is 0.491 e. The Morgan fingerprint density at radius 1 is 0.947 bits per heavy atom. The number of carboxylic acids is 1. The highest BCUT2D eigenvalue weighted by Crippen LogP contribution is 2.32. The SMILES string of the molecule is O=C1CCC(N2C(=O)c3cccc(NCCOCCOCCOc4ccc(C(=O)O)cc4)c3C2=O)C(=O)N1. The first-order valence-electron chi connectivity index (χ1n) is 12.1. The number of benzene rings is 2. The maximum absolute atomic E-state index is 13.1. The van der Waals surface area contributed by atoms with E-state index in [1.54, 1.807) is 24.3 Å². The minimum Gasteiger partial charge on any atom is -0.491 e. The smallest absolute Gasteiger partial charge is 0.335 e. The van der Waals surface area contributed by atoms with E-state index in [0.717, 1.165) is 4.90 Å². The second kappa shape index (κ2) is 12.3. The molecule has 38 heavy (non-hydrogen) atoms. The van der Waals surface area contributed by atoms with Crippen molar-refractivity contribution in [1.82, 2.24) is 10.2 Å². The van der Waals surface area contributed by atoms with Crippen LogP contribution in [0.15, 0.2) is 42.5 Å². The van der Waals surface area contributed by atoms with Gasteiger partial charge in [0.05, 0.1) is 43.1 Å². The second-order valence-corrected chi connectivity index (χ2v) is 8.50. The lowest BCUT2D eigenvalue weighted by molar-refractivity contribution is -0.136. The Balaban J connectivity index is 1.15. The van der Waals surface area contributed by atoms with Gasteiger partial charge in [-0.3, -0.25) is 29.4 Å². The molecule has 12 nitrogen and oxygen atoms in total. The molecular formula is C26H27N3O9. The molecule has 1 saturated heterocycles. The van der Waals surface area contributed by atoms with Gasteiger partial charge in [-0.25, -0.2) is 4.79 Å². The Morgan fingerprint density at radius 2 is 1.66 bits per heavy atom. The van der Waals surface area contributed by atoms with Crippen LogP contribution in [0, 0.1) is 0 Å². The van der Waals surface area contributed by atoms with Crippen molar-refractivity contribution < 1.29 is 43.3 Å². The van der Waals surface area contributed by atoms with E-state index in [2.05, 4.69) is 10.6 Å². The van der Waals surface area contributed by atoms with E-state index in [0.29, 0.717) is 51.0 Å². The third-order valence-electron chi connectivity index (χ3n) is 6.00. The van der Waals surface area contributed by atoms with Gasteiger partial charge in [0.25, 0.3) is 11.8 Å². The first-order chi connectivity index (χ1) is 18.4. The molecular weight excluding hydrogens is 498 g/mol. The summed E-state index contributed by atoms with van der Waals surface area (Å²) in [4.78, 5) is 61.4. The topological polar surface area (TPSA) is 161 Å². The van der Waals surface area contributed by atoms with E-state index in [9.17, 15) is 24.0 Å². The number of nitrogens with zero attached hydrogens (tertiary/aromatic N) is 1. The number of amides is 4. The first kappa shape index (κ1) is 26.8. The van der Waals surface area contributed by atoms with Crippen LogP contribution in [0.1, 0.15) is 43.9 Å². The molecule has 12 heteroatoms. The van der Waals surface area contributed by atoms with E-state index < -0.39 is 35.6 Å². The van der Waals surface area contributed by atoms with Crippen molar-refractivity contribution in [3.63, 3.8) is 0 Å². The molecule has 1 unspecified atom stereocenters. The van der Waals surface area contributed by atoms with Crippen LogP contribution >= 0.6 is 0 Å². The maximum Gasteiger partial charge on any atom is 0.335 e. The zero-order chi connectivity index (χ0) is 27.1. The third kappa shape index (κ3) is 6.15. The molecule has 2 aliphatic rings. The minimum atomic E-state index is -1.01. The summed E-state index contributed by atoms with van der Waals surface area (Å²) in [6.07, 6.45) is 0.159. The zero-order valence-electron chi connectivity index (χ0n) is 20.4. The van der Waals surface area contributed by atoms with Crippen LogP contribution in [0.2, 0.25) is 0 Å². The minimum absolute atomic E-state index is 0.0609. The van der Waals surface area contributed by atoms with Gasteiger partial charge in [-0.1, -0.05) is 6.07 Å². The zero-order valence-corrected chi connectivity index (χ0v) is 20.4. The van der Waals surface area contributed by atoms with Crippen molar-refractivity contribution in [2.24, 2.45) is 0 Å². The first-order valence-corrected chi connectivity index (χ1v) is 12.1. The van der Waals surface area contributed by atoms with Gasteiger partial charge >= 0.3 is 5.97 Å². The van der Waals surface area contributed by atoms with Crippen LogP contribution < -0.4 is 15.4 Å². The fraction of sp³-hybridized carbons (Fsp3) is 0.346. The fourth-order valence-corrected chi connectivity index (χ4v) is 4.15. The number of ether oxygens (including phenoxy) is 3. The predicted molar refractivity (Wildman–Crippen MR) is 132 cm³/mol. The number of rotatable bonds is 13. The number of anilines is 1. The van der Waals surface area contributed by atoms with Gasteiger partial charge < -0.3 is 24.6 Å². The summed E-state index contributed by atoms with van der Waals surface area (Å²) in [5.74, 6) is -2.65. The van der Waals surface area contributed by atoms with Crippen LogP contribution in [-0.2, 0) is 19.1 Å². The van der Waals surface area contributed by atoms with E-state index in [1.807, 2.05) is 0 Å². The van der Waals surface area contributed by atoms with Crippen LogP contribution in [0.4, 0.5) is 5.69 Å². The monoisotopic (exact) mass is 525 g/mol. The molecule has 4 amide bonds. The summed E-state index contributed by atoms with van der Waals surface area (Å²) in [5, 5.41) is 14.2. The highest BCUT2D eigenvalue weighted by atomic mass is 16.5. The van der Waals surface area contributed by atoms with E-state index in [1.165, 1.54) is 18.2 Å². The summed E-state index contributed by atoms with van der Waals surface area (Å²) in [5.41, 5.74) is 1.05. The Morgan fingerprint density at radius 3 is 2.37 bits per heavy atom. The molecule has 0 bridgehead atoms. The van der Waals surface area contributed by atoms with Gasteiger partial charge in [-0.05, 0) is 42.8 Å². The Bertz CT molecular complexity index is 1230. The molecule has 1 atom stereocenters. The summed E-state index contributed by atoms with van der Waals surface area (Å²) >= 11 is 0. The summed E-state index contributed by atoms with van der Waals surface area (Å²) in [6, 6.07) is 9.94. The number of carbonyl (C=O) groups is 5. The lowest BCUT2D eigenvalue weighted by atomic mass is 10.0. The average Bonchev–Trinajstić information content (AvgIpc) is 3.15. The van der Waals surface area contributed by atoms with Gasteiger partial charge in [0.2, 0.25) is 11.8 Å². The summed E-state index contributed by atoms with van der Waals surface area (Å²) in [7, 11) is 0. The molecule has 0 radical (unpaired) electrons. The van der Waals surface area contributed by atoms with Crippen LogP contribution in [-0.4, -0.2) is 85.2 Å². The van der Waals surface area contributed by atoms with Crippen molar-refractivity contribution in [3.05, 3.63) is 59.2 Å². The molecule has 0 saturated carbocycles. The molecule has 2 aromatic rings. The number of nitrogens with one attached hydrogen (secondary N) is 2. The van der Waals surface area contributed by atoms with Gasteiger partial charge in [-0.15, -0.1) is 0 Å². The van der Waals surface area contributed by atoms with E-state index >= 15 is 0 Å². The number of aromatic carboxylic acids is 1. The van der Waals surface area contributed by atoms with Crippen LogP contribution in [0.25, 0.3) is 0 Å². The Kier molecular flexibility index (Phi) is 8.66. The molecule has 4 rings (SSSR count). The molecule has 1 fully saturated rings. The van der Waals surface area contributed by atoms with Crippen LogP contribution in [0.5, 0.6) is 5.75 Å². The number of hydrogen-bond donors (Lipinski definition) is 3. The predicted octanol–water partition coefficient (Wildman–Crippen LogP) is 1.31. The number of imide groups is 2. The molecule has 200 valence electrons. The number of fused-ring (bicyclic) bond motifs is 1. The maximum atomic E-state index is 13.1. The van der Waals surface area contributed by atoms with Crippen molar-refractivity contribution in [2.45, 2.75) is 18.9 Å². The fourth-order valence-electron chi connectivity index (χ4n) is 4.15. The molecule has 3 N–H and O–H groups in total. The second-order valence-electron chi connectivity index (χ2n) is 8.50. The van der Waals surface area contributed by atoms with Gasteiger partial charge in [0.1, 0.15) is 18.4 Å². The normalized spacial score (nSPS) is 16.8. The van der Waals surface area contributed by atoms with E-state index in [4.69, 9.17) is 19.3 Å². The van der Waals surface area contributed by atoms with E-state index in [-0.39, 0.29) is 29.5 Å². The van der Waals surface area contributed by atoms with Gasteiger partial charge in [0.15, 0.2) is 0 Å². The lowest BCUT2D eigenvalue weighted by Gasteiger charge is -2.27. The molecule has 0 aromatic heterocycles. The number of carbonyl (C=O) groups excluding carboxylic acids is 4.